The minimum atomic E-state index is 0.674. The highest BCUT2D eigenvalue weighted by Crippen LogP contribution is 2.13. The molecule has 0 unspecified atom stereocenters. The van der Waals surface area contributed by atoms with Gasteiger partial charge in [0, 0.05) is 13.0 Å². The number of rotatable bonds is 4. The zero-order chi connectivity index (χ0) is 10.2. The maximum atomic E-state index is 8.80. The zero-order valence-electron chi connectivity index (χ0n) is 7.96. The molecule has 0 spiro atoms. The minimum Gasteiger partial charge on any atom is -0.384 e. The third-order valence-electron chi connectivity index (χ3n) is 1.86. The van der Waals surface area contributed by atoms with Gasteiger partial charge in [-0.1, -0.05) is 12.1 Å². The van der Waals surface area contributed by atoms with Gasteiger partial charge in [-0.3, -0.25) is 0 Å². The molecule has 0 heterocycles. The van der Waals surface area contributed by atoms with Crippen molar-refractivity contribution < 1.29 is 0 Å². The Kier molecular flexibility index (Phi) is 4.11. The number of hydrogen-bond donors (Lipinski definition) is 1. The molecule has 0 bridgehead atoms. The van der Waals surface area contributed by atoms with E-state index in [4.69, 9.17) is 11.7 Å². The lowest BCUT2D eigenvalue weighted by molar-refractivity contribution is 0.907. The van der Waals surface area contributed by atoms with Crippen molar-refractivity contribution in [3.63, 3.8) is 0 Å². The van der Waals surface area contributed by atoms with Gasteiger partial charge in [0.05, 0.1) is 11.3 Å². The number of terminal acetylenes is 1. The molecule has 0 aromatic heterocycles. The van der Waals surface area contributed by atoms with Crippen molar-refractivity contribution in [2.45, 2.75) is 12.8 Å². The summed E-state index contributed by atoms with van der Waals surface area (Å²) in [5, 5.41) is 12.0. The smallest absolute Gasteiger partial charge is 0.101 e. The van der Waals surface area contributed by atoms with Crippen LogP contribution < -0.4 is 5.32 Å². The van der Waals surface area contributed by atoms with Gasteiger partial charge >= 0.3 is 0 Å². The maximum absolute atomic E-state index is 8.80. The Hall–Kier alpha value is -1.93. The molecule has 2 nitrogen and oxygen atoms in total. The summed E-state index contributed by atoms with van der Waals surface area (Å²) in [5.74, 6) is 2.58. The number of anilines is 1. The predicted octanol–water partition coefficient (Wildman–Crippen LogP) is 2.38. The molecular weight excluding hydrogens is 172 g/mol. The van der Waals surface area contributed by atoms with Crippen LogP contribution in [-0.4, -0.2) is 6.54 Å². The van der Waals surface area contributed by atoms with E-state index >= 15 is 0 Å². The van der Waals surface area contributed by atoms with Gasteiger partial charge in [0.15, 0.2) is 0 Å². The van der Waals surface area contributed by atoms with Gasteiger partial charge in [-0.05, 0) is 18.6 Å². The van der Waals surface area contributed by atoms with Crippen molar-refractivity contribution in [3.05, 3.63) is 29.8 Å². The molecule has 1 aromatic carbocycles. The molecule has 14 heavy (non-hydrogen) atoms. The molecule has 1 rings (SSSR count). The fraction of sp³-hybridized carbons (Fsp3) is 0.250. The van der Waals surface area contributed by atoms with Gasteiger partial charge in [0.25, 0.3) is 0 Å². The van der Waals surface area contributed by atoms with E-state index in [1.807, 2.05) is 18.2 Å². The van der Waals surface area contributed by atoms with E-state index in [0.29, 0.717) is 5.56 Å². The molecule has 1 N–H and O–H groups in total. The van der Waals surface area contributed by atoms with E-state index in [1.54, 1.807) is 6.07 Å². The van der Waals surface area contributed by atoms with Crippen LogP contribution in [0.4, 0.5) is 5.69 Å². The van der Waals surface area contributed by atoms with E-state index in [1.165, 1.54) is 0 Å². The summed E-state index contributed by atoms with van der Waals surface area (Å²) in [4.78, 5) is 0. The van der Waals surface area contributed by atoms with Crippen molar-refractivity contribution in [2.24, 2.45) is 0 Å². The van der Waals surface area contributed by atoms with E-state index in [0.717, 1.165) is 25.1 Å². The third-order valence-corrected chi connectivity index (χ3v) is 1.86. The molecule has 0 amide bonds. The van der Waals surface area contributed by atoms with Crippen LogP contribution in [0.25, 0.3) is 0 Å². The van der Waals surface area contributed by atoms with Crippen molar-refractivity contribution in [3.8, 4) is 18.4 Å². The van der Waals surface area contributed by atoms with Crippen molar-refractivity contribution in [1.82, 2.24) is 0 Å². The minimum absolute atomic E-state index is 0.674. The van der Waals surface area contributed by atoms with E-state index in [-0.39, 0.29) is 0 Å². The van der Waals surface area contributed by atoms with Gasteiger partial charge in [-0.2, -0.15) is 5.26 Å². The van der Waals surface area contributed by atoms with Crippen LogP contribution in [-0.2, 0) is 0 Å². The lowest BCUT2D eigenvalue weighted by Gasteiger charge is -2.05. The Bertz CT molecular complexity index is 369. The van der Waals surface area contributed by atoms with Crippen LogP contribution in [0.1, 0.15) is 18.4 Å². The summed E-state index contributed by atoms with van der Waals surface area (Å²) in [6, 6.07) is 9.59. The van der Waals surface area contributed by atoms with Crippen molar-refractivity contribution >= 4 is 5.69 Å². The molecule has 0 aliphatic carbocycles. The molecule has 70 valence electrons. The molecule has 0 saturated heterocycles. The Morgan fingerprint density at radius 3 is 2.86 bits per heavy atom. The second-order valence-corrected chi connectivity index (χ2v) is 2.89. The molecule has 0 atom stereocenters. The summed E-state index contributed by atoms with van der Waals surface area (Å²) in [7, 11) is 0. The normalized spacial score (nSPS) is 8.71. The number of para-hydroxylation sites is 1. The van der Waals surface area contributed by atoms with Crippen LogP contribution in [0, 0.1) is 23.7 Å². The topological polar surface area (TPSA) is 35.8 Å². The van der Waals surface area contributed by atoms with Gasteiger partial charge in [0.2, 0.25) is 0 Å². The Morgan fingerprint density at radius 1 is 1.36 bits per heavy atom. The van der Waals surface area contributed by atoms with Crippen LogP contribution in [0.15, 0.2) is 24.3 Å². The van der Waals surface area contributed by atoms with Crippen LogP contribution in [0.5, 0.6) is 0 Å². The first-order valence-corrected chi connectivity index (χ1v) is 4.55. The lowest BCUT2D eigenvalue weighted by Crippen LogP contribution is -2.02. The molecule has 0 radical (unpaired) electrons. The summed E-state index contributed by atoms with van der Waals surface area (Å²) < 4.78 is 0. The predicted molar refractivity (Wildman–Crippen MR) is 57.7 cm³/mol. The number of hydrogen-bond acceptors (Lipinski definition) is 2. The summed E-state index contributed by atoms with van der Waals surface area (Å²) in [6.45, 7) is 0.808. The maximum Gasteiger partial charge on any atom is 0.101 e. The first-order chi connectivity index (χ1) is 6.88. The van der Waals surface area contributed by atoms with Gasteiger partial charge < -0.3 is 5.32 Å². The standard InChI is InChI=1S/C12H12N2/c1-2-3-6-9-14-12-8-5-4-7-11(12)10-13/h1,4-5,7-8,14H,3,6,9H2. The highest BCUT2D eigenvalue weighted by molar-refractivity contribution is 5.56. The van der Waals surface area contributed by atoms with Crippen LogP contribution >= 0.6 is 0 Å². The fourth-order valence-electron chi connectivity index (χ4n) is 1.15. The third kappa shape index (κ3) is 2.84. The first-order valence-electron chi connectivity index (χ1n) is 4.55. The van der Waals surface area contributed by atoms with E-state index in [2.05, 4.69) is 17.3 Å². The van der Waals surface area contributed by atoms with E-state index < -0.39 is 0 Å². The first kappa shape index (κ1) is 10.2. The quantitative estimate of drug-likeness (QED) is 0.576. The molecule has 0 aliphatic rings. The molecule has 1 aromatic rings. The average Bonchev–Trinajstić information content (AvgIpc) is 2.25. The highest BCUT2D eigenvalue weighted by atomic mass is 14.9. The zero-order valence-corrected chi connectivity index (χ0v) is 7.96. The van der Waals surface area contributed by atoms with Crippen molar-refractivity contribution in [1.29, 1.82) is 5.26 Å². The van der Waals surface area contributed by atoms with Gasteiger partial charge in [0.1, 0.15) is 6.07 Å². The number of unbranched alkanes of at least 4 members (excludes halogenated alkanes) is 1. The summed E-state index contributed by atoms with van der Waals surface area (Å²) >= 11 is 0. The molecule has 0 saturated carbocycles. The number of benzene rings is 1. The average molecular weight is 184 g/mol. The molecular formula is C12H12N2. The lowest BCUT2D eigenvalue weighted by atomic mass is 10.2. The highest BCUT2D eigenvalue weighted by Gasteiger charge is 1.97. The Labute approximate surface area is 84.6 Å². The van der Waals surface area contributed by atoms with E-state index in [9.17, 15) is 0 Å². The molecule has 0 fully saturated rings. The van der Waals surface area contributed by atoms with Gasteiger partial charge in [-0.15, -0.1) is 12.3 Å². The summed E-state index contributed by atoms with van der Waals surface area (Å²) in [6.07, 6.45) is 6.83. The van der Waals surface area contributed by atoms with Gasteiger partial charge in [-0.25, -0.2) is 0 Å². The van der Waals surface area contributed by atoms with Crippen LogP contribution in [0.2, 0.25) is 0 Å². The second-order valence-electron chi connectivity index (χ2n) is 2.89. The Balaban J connectivity index is 2.51. The monoisotopic (exact) mass is 184 g/mol. The number of nitriles is 1. The number of nitrogens with zero attached hydrogens (tertiary/aromatic N) is 1. The number of nitrogens with one attached hydrogen (secondary N) is 1. The SMILES string of the molecule is C#CCCCNc1ccccc1C#N. The molecule has 2 heteroatoms. The van der Waals surface area contributed by atoms with Crippen LogP contribution in [0.3, 0.4) is 0 Å². The molecule has 0 aliphatic heterocycles. The summed E-state index contributed by atoms with van der Waals surface area (Å²) in [5.41, 5.74) is 1.56. The van der Waals surface area contributed by atoms with Crippen molar-refractivity contribution in [2.75, 3.05) is 11.9 Å². The Morgan fingerprint density at radius 2 is 2.14 bits per heavy atom. The fourth-order valence-corrected chi connectivity index (χ4v) is 1.15. The largest absolute Gasteiger partial charge is 0.384 e. The second kappa shape index (κ2) is 5.67.